The zero-order valence-corrected chi connectivity index (χ0v) is 28.1. The van der Waals surface area contributed by atoms with Crippen molar-refractivity contribution < 1.29 is 22.7 Å². The molecule has 0 spiro atoms. The van der Waals surface area contributed by atoms with Crippen LogP contribution in [0.4, 0.5) is 5.69 Å². The van der Waals surface area contributed by atoms with E-state index in [4.69, 9.17) is 27.9 Å². The number of carbonyl (C=O) groups is 2. The number of ether oxygens (including phenoxy) is 1. The normalized spacial score (nSPS) is 11.8. The number of sulfonamides is 1. The summed E-state index contributed by atoms with van der Waals surface area (Å²) in [5, 5.41) is 3.70. The zero-order chi connectivity index (χ0) is 33.1. The Balaban J connectivity index is 1.83. The van der Waals surface area contributed by atoms with Crippen molar-refractivity contribution in [1.82, 2.24) is 10.2 Å². The number of halogens is 2. The van der Waals surface area contributed by atoms with Gasteiger partial charge in [-0.05, 0) is 60.0 Å². The van der Waals surface area contributed by atoms with Crippen LogP contribution in [-0.4, -0.2) is 51.4 Å². The average molecular weight is 683 g/mol. The van der Waals surface area contributed by atoms with E-state index in [1.54, 1.807) is 54.6 Å². The van der Waals surface area contributed by atoms with Gasteiger partial charge in [-0.1, -0.05) is 97.2 Å². The Kier molecular flexibility index (Phi) is 12.5. The maximum absolute atomic E-state index is 14.6. The minimum Gasteiger partial charge on any atom is -0.495 e. The molecule has 2 amide bonds. The highest BCUT2D eigenvalue weighted by Gasteiger charge is 2.35. The molecule has 0 radical (unpaired) electrons. The van der Waals surface area contributed by atoms with Gasteiger partial charge in [0.05, 0.1) is 17.7 Å². The van der Waals surface area contributed by atoms with Crippen LogP contribution in [0.15, 0.2) is 108 Å². The van der Waals surface area contributed by atoms with Crippen LogP contribution in [0.25, 0.3) is 0 Å². The summed E-state index contributed by atoms with van der Waals surface area (Å²) in [6.07, 6.45) is 1.85. The highest BCUT2D eigenvalue weighted by Crippen LogP contribution is 2.35. The summed E-state index contributed by atoms with van der Waals surface area (Å²) in [5.41, 5.74) is 1.60. The molecule has 11 heteroatoms. The van der Waals surface area contributed by atoms with Gasteiger partial charge in [-0.15, -0.1) is 0 Å². The molecule has 46 heavy (non-hydrogen) atoms. The lowest BCUT2D eigenvalue weighted by Crippen LogP contribution is -2.53. The summed E-state index contributed by atoms with van der Waals surface area (Å²) in [4.78, 5) is 29.8. The molecular formula is C35H37Cl2N3O5S. The first-order valence-electron chi connectivity index (χ1n) is 14.9. The zero-order valence-electron chi connectivity index (χ0n) is 25.7. The molecule has 0 fully saturated rings. The molecule has 0 heterocycles. The largest absolute Gasteiger partial charge is 0.495 e. The van der Waals surface area contributed by atoms with Crippen LogP contribution in [0.1, 0.15) is 30.9 Å². The van der Waals surface area contributed by atoms with Gasteiger partial charge < -0.3 is 15.0 Å². The molecule has 1 atom stereocenters. The molecule has 0 saturated heterocycles. The number of unbranched alkanes of at least 4 members (excludes halogenated alkanes) is 1. The fraction of sp³-hybridized carbons (Fsp3) is 0.257. The fourth-order valence-corrected chi connectivity index (χ4v) is 6.80. The quantitative estimate of drug-likeness (QED) is 0.140. The molecule has 1 N–H and O–H groups in total. The molecule has 0 aliphatic carbocycles. The van der Waals surface area contributed by atoms with Crippen LogP contribution in [0.5, 0.6) is 5.75 Å². The maximum Gasteiger partial charge on any atom is 0.264 e. The van der Waals surface area contributed by atoms with Crippen LogP contribution in [-0.2, 0) is 32.6 Å². The van der Waals surface area contributed by atoms with Gasteiger partial charge in [-0.3, -0.25) is 13.9 Å². The van der Waals surface area contributed by atoms with Crippen molar-refractivity contribution in [2.75, 3.05) is 24.5 Å². The van der Waals surface area contributed by atoms with Crippen LogP contribution in [0.3, 0.4) is 0 Å². The Morgan fingerprint density at radius 3 is 2.15 bits per heavy atom. The third kappa shape index (κ3) is 9.02. The van der Waals surface area contributed by atoms with Gasteiger partial charge in [0.15, 0.2) is 0 Å². The van der Waals surface area contributed by atoms with Crippen molar-refractivity contribution in [2.24, 2.45) is 0 Å². The van der Waals surface area contributed by atoms with E-state index in [0.29, 0.717) is 17.1 Å². The van der Waals surface area contributed by atoms with E-state index in [0.717, 1.165) is 22.7 Å². The van der Waals surface area contributed by atoms with Gasteiger partial charge in [0.2, 0.25) is 11.8 Å². The van der Waals surface area contributed by atoms with Gasteiger partial charge in [0.25, 0.3) is 10.0 Å². The Labute approximate surface area is 280 Å². The number of rotatable bonds is 15. The summed E-state index contributed by atoms with van der Waals surface area (Å²) >= 11 is 12.6. The van der Waals surface area contributed by atoms with Crippen LogP contribution in [0, 0.1) is 0 Å². The summed E-state index contributed by atoms with van der Waals surface area (Å²) in [5.74, 6) is -0.741. The van der Waals surface area contributed by atoms with E-state index in [2.05, 4.69) is 5.32 Å². The highest BCUT2D eigenvalue weighted by molar-refractivity contribution is 7.92. The van der Waals surface area contributed by atoms with Crippen molar-refractivity contribution in [2.45, 2.75) is 43.7 Å². The Morgan fingerprint density at radius 2 is 1.50 bits per heavy atom. The molecule has 0 aliphatic rings. The van der Waals surface area contributed by atoms with Crippen LogP contribution < -0.4 is 14.4 Å². The van der Waals surface area contributed by atoms with E-state index >= 15 is 0 Å². The summed E-state index contributed by atoms with van der Waals surface area (Å²) in [7, 11) is -2.90. The third-order valence-corrected chi connectivity index (χ3v) is 9.61. The maximum atomic E-state index is 14.6. The third-order valence-electron chi connectivity index (χ3n) is 7.36. The lowest BCUT2D eigenvalue weighted by atomic mass is 10.0. The molecule has 0 aromatic heterocycles. The van der Waals surface area contributed by atoms with Crippen molar-refractivity contribution >= 4 is 50.7 Å². The Morgan fingerprint density at radius 1 is 0.848 bits per heavy atom. The van der Waals surface area contributed by atoms with Crippen molar-refractivity contribution in [1.29, 1.82) is 0 Å². The molecule has 1 unspecified atom stereocenters. The van der Waals surface area contributed by atoms with Gasteiger partial charge >= 0.3 is 0 Å². The topological polar surface area (TPSA) is 96.0 Å². The lowest BCUT2D eigenvalue weighted by Gasteiger charge is -2.34. The molecule has 242 valence electrons. The summed E-state index contributed by atoms with van der Waals surface area (Å²) in [6, 6.07) is 27.8. The number of amides is 2. The van der Waals surface area contributed by atoms with Crippen molar-refractivity contribution in [3.8, 4) is 5.75 Å². The predicted molar refractivity (Wildman–Crippen MR) is 183 cm³/mol. The molecule has 4 aromatic carbocycles. The molecular weight excluding hydrogens is 645 g/mol. The van der Waals surface area contributed by atoms with E-state index in [9.17, 15) is 18.0 Å². The molecule has 0 aliphatic heterocycles. The van der Waals surface area contributed by atoms with Gasteiger partial charge in [-0.2, -0.15) is 0 Å². The number of nitrogens with zero attached hydrogens (tertiary/aromatic N) is 2. The van der Waals surface area contributed by atoms with Gasteiger partial charge in [-0.25, -0.2) is 8.42 Å². The standard InChI is InChI=1S/C35H37Cl2N3O5S/c1-3-4-20-38-35(42)32(22-26-12-7-5-8-13-26)39(24-27-14-11-15-28(36)21-27)34(41)25-40(31-23-29(37)18-19-33(31)45-2)46(43,44)30-16-9-6-10-17-30/h5-19,21,23,32H,3-4,20,22,24-25H2,1-2H3,(H,38,42). The van der Waals surface area contributed by atoms with Gasteiger partial charge in [0, 0.05) is 29.6 Å². The smallest absolute Gasteiger partial charge is 0.264 e. The van der Waals surface area contributed by atoms with Crippen LogP contribution in [0.2, 0.25) is 10.0 Å². The van der Waals surface area contributed by atoms with Crippen molar-refractivity contribution in [3.63, 3.8) is 0 Å². The summed E-state index contributed by atoms with van der Waals surface area (Å²) < 4.78 is 34.9. The lowest BCUT2D eigenvalue weighted by molar-refractivity contribution is -0.140. The second-order valence-electron chi connectivity index (χ2n) is 10.6. The van der Waals surface area contributed by atoms with Crippen LogP contribution >= 0.6 is 23.2 Å². The number of anilines is 1. The second kappa shape index (κ2) is 16.5. The highest BCUT2D eigenvalue weighted by atomic mass is 35.5. The first-order chi connectivity index (χ1) is 22.1. The number of hydrogen-bond acceptors (Lipinski definition) is 5. The number of carbonyl (C=O) groups excluding carboxylic acids is 2. The number of methoxy groups -OCH3 is 1. The predicted octanol–water partition coefficient (Wildman–Crippen LogP) is 6.75. The SMILES string of the molecule is CCCCNC(=O)C(Cc1ccccc1)N(Cc1cccc(Cl)c1)C(=O)CN(c1cc(Cl)ccc1OC)S(=O)(=O)c1ccccc1. The minimum atomic E-state index is -4.31. The molecule has 0 bridgehead atoms. The molecule has 8 nitrogen and oxygen atoms in total. The Bertz CT molecular complexity index is 1720. The van der Waals surface area contributed by atoms with Gasteiger partial charge in [0.1, 0.15) is 18.3 Å². The van der Waals surface area contributed by atoms with E-state index < -0.39 is 28.5 Å². The molecule has 0 saturated carbocycles. The number of benzene rings is 4. The van der Waals surface area contributed by atoms with E-state index in [-0.39, 0.29) is 40.2 Å². The number of nitrogens with one attached hydrogen (secondary N) is 1. The van der Waals surface area contributed by atoms with E-state index in [1.165, 1.54) is 30.2 Å². The second-order valence-corrected chi connectivity index (χ2v) is 13.4. The number of hydrogen-bond donors (Lipinski definition) is 1. The average Bonchev–Trinajstić information content (AvgIpc) is 3.06. The minimum absolute atomic E-state index is 0.00397. The first-order valence-corrected chi connectivity index (χ1v) is 17.1. The van der Waals surface area contributed by atoms with Crippen molar-refractivity contribution in [3.05, 3.63) is 124 Å². The molecule has 4 rings (SSSR count). The van der Waals surface area contributed by atoms with E-state index in [1.807, 2.05) is 37.3 Å². The monoisotopic (exact) mass is 681 g/mol. The fourth-order valence-electron chi connectivity index (χ4n) is 4.98. The first kappa shape index (κ1) is 34.8. The summed E-state index contributed by atoms with van der Waals surface area (Å²) in [6.45, 7) is 1.83. The Hall–Kier alpha value is -4.05. The molecule has 4 aromatic rings.